The van der Waals surface area contributed by atoms with Gasteiger partial charge in [-0.1, -0.05) is 149 Å². The molecular weight excluding hydrogens is 1390 g/mol. The van der Waals surface area contributed by atoms with Gasteiger partial charge in [-0.2, -0.15) is 0 Å². The molecule has 1 aliphatic carbocycles. The molecule has 568 valence electrons. The molecule has 0 saturated carbocycles. The van der Waals surface area contributed by atoms with Crippen molar-refractivity contribution in [2.45, 2.75) is 183 Å². The summed E-state index contributed by atoms with van der Waals surface area (Å²) >= 11 is 0. The lowest BCUT2D eigenvalue weighted by Crippen LogP contribution is -2.27. The third-order valence-corrected chi connectivity index (χ3v) is 16.2. The van der Waals surface area contributed by atoms with Crippen molar-refractivity contribution in [2.24, 2.45) is 0 Å². The average molecular weight is 1480 g/mol. The van der Waals surface area contributed by atoms with Gasteiger partial charge in [0.2, 0.25) is 0 Å². The number of hydrogen-bond acceptors (Lipinski definition) is 24. The van der Waals surface area contributed by atoms with Crippen molar-refractivity contribution in [2.75, 3.05) is 0 Å². The van der Waals surface area contributed by atoms with Gasteiger partial charge in [0.05, 0.1) is 0 Å². The van der Waals surface area contributed by atoms with Gasteiger partial charge in [-0.3, -0.25) is 0 Å². The molecule has 0 aromatic heterocycles. The van der Waals surface area contributed by atoms with E-state index in [9.17, 15) is 38.4 Å². The van der Waals surface area contributed by atoms with Gasteiger partial charge < -0.3 is 75.8 Å². The zero-order valence-corrected chi connectivity index (χ0v) is 63.1. The second-order valence-corrected chi connectivity index (χ2v) is 29.4. The maximum Gasteiger partial charge on any atom is 0.514 e. The lowest BCUT2D eigenvalue weighted by molar-refractivity contribution is 0.0175. The van der Waals surface area contributed by atoms with Crippen LogP contribution in [0, 0.1) is 0 Å². The maximum absolute atomic E-state index is 14.4. The third-order valence-electron chi connectivity index (χ3n) is 16.2. The highest BCUT2D eigenvalue weighted by Gasteiger charge is 2.37. The van der Waals surface area contributed by atoms with Crippen LogP contribution in [0.2, 0.25) is 0 Å². The van der Waals surface area contributed by atoms with E-state index in [0.717, 1.165) is 0 Å². The average Bonchev–Trinajstić information content (AvgIpc) is 0.751. The zero-order chi connectivity index (χ0) is 78.4. The first kappa shape index (κ1) is 80.0. The highest BCUT2D eigenvalue weighted by atomic mass is 16.8. The van der Waals surface area contributed by atoms with Gasteiger partial charge in [-0.05, 0) is 130 Å². The van der Waals surface area contributed by atoms with Crippen molar-refractivity contribution in [3.8, 4) is 46.0 Å². The quantitative estimate of drug-likeness (QED) is 0.0493. The summed E-state index contributed by atoms with van der Waals surface area (Å²) in [5, 5.41) is 0. The Kier molecular flexibility index (Phi) is 25.5. The number of hydrogen-bond donors (Lipinski definition) is 0. The summed E-state index contributed by atoms with van der Waals surface area (Å²) in [5.74, 6) is -7.19. The monoisotopic (exact) mass is 1480 g/mol. The van der Waals surface area contributed by atoms with E-state index in [-0.39, 0.29) is 117 Å². The SMILES string of the molecule is C[C@@H]1c2cc(c(OC(=O)OCc3ccccc3)cc2OC(=O)OCc2ccccc2)[C@H](C)c2cc(c(OC(=O)OC(C)(C)C)cc2OC(=O)OC(C)(C)C)[C@@H](C)c2cc(c(OC(=O)OCc3ccccc3)cc2OC(=O)OCc2ccccc2)[C@@H](C)c2cc1c(OC(=O)OC(C)(C)C)cc2OC(=O)OC(C)(C)C. The van der Waals surface area contributed by atoms with Gasteiger partial charge in [0.15, 0.2) is 0 Å². The Labute approximate surface area is 626 Å². The van der Waals surface area contributed by atoms with Crippen LogP contribution in [-0.2, 0) is 64.3 Å². The van der Waals surface area contributed by atoms with Gasteiger partial charge in [0.25, 0.3) is 0 Å². The molecular formula is C84H88O24. The topological polar surface area (TPSA) is 284 Å². The Morgan fingerprint density at radius 1 is 0.231 bits per heavy atom. The standard InChI is InChI=1S/C84H88O24/c1-49-57-37-58(66(98-74(86)94-46-54-31-23-18-24-32-54)41-65(57)97-73(85)93-45-53-29-21-17-22-30-53)50(2)63-40-64(72(104-80(92)108-84(14,15)16)44-71(63)103-79(91)107-83(11,12)13)52(4)60-38-59(51(3)62-39-61(49)69(101-77(89)105-81(5,6)7)43-70(62)102-78(90)106-82(8,9)10)67(99-75(87)95-47-55-33-25-19-26-34-55)42-68(60)100-76(88)96-48-56-35-27-20-28-36-56/h17-44,49-52H,45-48H2,1-16H3/t49-,50+,51-,52+. The first-order valence-corrected chi connectivity index (χ1v) is 34.8. The predicted molar refractivity (Wildman–Crippen MR) is 392 cm³/mol. The smallest absolute Gasteiger partial charge is 0.429 e. The molecule has 0 saturated heterocycles. The molecule has 0 fully saturated rings. The summed E-state index contributed by atoms with van der Waals surface area (Å²) in [4.78, 5) is 115. The molecule has 8 bridgehead atoms. The van der Waals surface area contributed by atoms with E-state index in [1.807, 2.05) is 0 Å². The summed E-state index contributed by atoms with van der Waals surface area (Å²) in [6.07, 6.45) is -9.81. The molecule has 0 aliphatic heterocycles. The summed E-state index contributed by atoms with van der Waals surface area (Å²) in [7, 11) is 0. The number of rotatable bonds is 16. The minimum absolute atomic E-state index is 0.0836. The molecule has 0 amide bonds. The van der Waals surface area contributed by atoms with Crippen molar-refractivity contribution in [3.63, 3.8) is 0 Å². The Morgan fingerprint density at radius 3 is 0.528 bits per heavy atom. The number of carbonyl (C=O) groups excluding carboxylic acids is 8. The summed E-state index contributed by atoms with van der Waals surface area (Å²) in [6, 6.07) is 46.1. The lowest BCUT2D eigenvalue weighted by Gasteiger charge is -2.29. The van der Waals surface area contributed by atoms with Crippen LogP contribution in [0.3, 0.4) is 0 Å². The van der Waals surface area contributed by atoms with Crippen LogP contribution < -0.4 is 37.9 Å². The molecule has 0 spiro atoms. The normalized spacial score (nSPS) is 14.7. The molecule has 0 N–H and O–H groups in total. The Balaban J connectivity index is 1.42. The highest BCUT2D eigenvalue weighted by molar-refractivity contribution is 5.76. The van der Waals surface area contributed by atoms with Gasteiger partial charge >= 0.3 is 49.2 Å². The number of ether oxygens (including phenoxy) is 16. The minimum atomic E-state index is -1.23. The molecule has 24 heteroatoms. The van der Waals surface area contributed by atoms with Gasteiger partial charge in [0, 0.05) is 92.4 Å². The van der Waals surface area contributed by atoms with Gasteiger partial charge in [-0.15, -0.1) is 0 Å². The van der Waals surface area contributed by atoms with E-state index in [0.29, 0.717) is 22.3 Å². The first-order valence-electron chi connectivity index (χ1n) is 34.8. The van der Waals surface area contributed by atoms with Crippen LogP contribution in [0.4, 0.5) is 38.4 Å². The van der Waals surface area contributed by atoms with E-state index in [1.54, 1.807) is 232 Å². The number of fused-ring (bicyclic) bond motifs is 8. The lowest BCUT2D eigenvalue weighted by atomic mass is 9.80. The van der Waals surface area contributed by atoms with Crippen LogP contribution >= 0.6 is 0 Å². The Hall–Kier alpha value is -12.1. The van der Waals surface area contributed by atoms with Crippen molar-refractivity contribution in [3.05, 3.63) is 237 Å². The molecule has 108 heavy (non-hydrogen) atoms. The molecule has 0 heterocycles. The van der Waals surface area contributed by atoms with Crippen LogP contribution in [0.1, 0.15) is 201 Å². The van der Waals surface area contributed by atoms with Crippen molar-refractivity contribution in [1.29, 1.82) is 0 Å². The summed E-state index contributed by atoms with van der Waals surface area (Å²) in [6.45, 7) is 24.9. The Morgan fingerprint density at radius 2 is 0.380 bits per heavy atom. The summed E-state index contributed by atoms with van der Waals surface area (Å²) in [5.41, 5.74) is -1.51. The van der Waals surface area contributed by atoms with E-state index in [4.69, 9.17) is 75.8 Å². The van der Waals surface area contributed by atoms with Crippen molar-refractivity contribution < 1.29 is 114 Å². The predicted octanol–water partition coefficient (Wildman–Crippen LogP) is 20.7. The fourth-order valence-corrected chi connectivity index (χ4v) is 11.3. The number of benzene rings is 8. The molecule has 1 aliphatic rings. The van der Waals surface area contributed by atoms with Crippen LogP contribution in [0.25, 0.3) is 0 Å². The fourth-order valence-electron chi connectivity index (χ4n) is 11.3. The van der Waals surface area contributed by atoms with E-state index >= 15 is 0 Å². The Bertz CT molecular complexity index is 4000. The summed E-state index contributed by atoms with van der Waals surface area (Å²) < 4.78 is 95.6. The maximum atomic E-state index is 14.4. The molecule has 8 aromatic rings. The fraction of sp³-hybridized carbons (Fsp3) is 0.333. The van der Waals surface area contributed by atoms with E-state index < -0.39 is 95.3 Å². The largest absolute Gasteiger partial charge is 0.514 e. The van der Waals surface area contributed by atoms with Crippen LogP contribution in [-0.4, -0.2) is 71.6 Å². The molecule has 8 aromatic carbocycles. The van der Waals surface area contributed by atoms with Crippen molar-refractivity contribution >= 4 is 49.2 Å². The van der Waals surface area contributed by atoms with Gasteiger partial charge in [-0.25, -0.2) is 38.4 Å². The van der Waals surface area contributed by atoms with Crippen LogP contribution in [0.15, 0.2) is 170 Å². The van der Waals surface area contributed by atoms with Crippen LogP contribution in [0.5, 0.6) is 46.0 Å². The highest BCUT2D eigenvalue weighted by Crippen LogP contribution is 2.52. The molecule has 9 rings (SSSR count). The van der Waals surface area contributed by atoms with E-state index in [1.165, 1.54) is 48.5 Å². The van der Waals surface area contributed by atoms with Crippen molar-refractivity contribution in [1.82, 2.24) is 0 Å². The second-order valence-electron chi connectivity index (χ2n) is 29.4. The van der Waals surface area contributed by atoms with Gasteiger partial charge in [0.1, 0.15) is 94.8 Å². The van der Waals surface area contributed by atoms with E-state index in [2.05, 4.69) is 0 Å². The number of carbonyl (C=O) groups is 8. The molecule has 0 radical (unpaired) electrons. The second kappa shape index (κ2) is 34.4. The third kappa shape index (κ3) is 23.0. The zero-order valence-electron chi connectivity index (χ0n) is 63.1. The molecule has 0 unspecified atom stereocenters. The minimum Gasteiger partial charge on any atom is -0.429 e. The molecule has 4 atom stereocenters. The first-order chi connectivity index (χ1) is 50.9. The molecule has 24 nitrogen and oxygen atoms in total.